The fourth-order valence-corrected chi connectivity index (χ4v) is 1.35. The molecule has 0 bridgehead atoms. The maximum atomic E-state index is 12.5. The lowest BCUT2D eigenvalue weighted by atomic mass is 10.3. The summed E-state index contributed by atoms with van der Waals surface area (Å²) in [6.07, 6.45) is 1.71. The van der Waals surface area contributed by atoms with Crippen LogP contribution in [0.4, 0.5) is 10.1 Å². The van der Waals surface area contributed by atoms with Crippen molar-refractivity contribution < 1.29 is 9.31 Å². The van der Waals surface area contributed by atoms with Gasteiger partial charge < -0.3 is 0 Å². The van der Waals surface area contributed by atoms with E-state index in [0.717, 1.165) is 6.07 Å². The number of rotatable bonds is 2. The molecular formula is C7H6FNO2S. The SMILES string of the molecule is CSc1ccc(F)cc1[N+](=O)[O-]. The second-order valence-corrected chi connectivity index (χ2v) is 2.92. The van der Waals surface area contributed by atoms with E-state index >= 15 is 0 Å². The molecule has 1 aromatic carbocycles. The minimum atomic E-state index is -0.588. The highest BCUT2D eigenvalue weighted by Gasteiger charge is 2.13. The summed E-state index contributed by atoms with van der Waals surface area (Å²) >= 11 is 1.22. The van der Waals surface area contributed by atoms with Crippen LogP contribution in [-0.2, 0) is 0 Å². The second-order valence-electron chi connectivity index (χ2n) is 2.07. The maximum absolute atomic E-state index is 12.5. The first-order chi connectivity index (χ1) is 5.65. The van der Waals surface area contributed by atoms with E-state index in [9.17, 15) is 14.5 Å². The first-order valence-electron chi connectivity index (χ1n) is 3.13. The molecule has 0 unspecified atom stereocenters. The van der Waals surface area contributed by atoms with Gasteiger partial charge in [-0.1, -0.05) is 0 Å². The van der Waals surface area contributed by atoms with E-state index in [-0.39, 0.29) is 5.69 Å². The smallest absolute Gasteiger partial charge is 0.258 e. The lowest BCUT2D eigenvalue weighted by Crippen LogP contribution is -1.91. The zero-order chi connectivity index (χ0) is 9.14. The summed E-state index contributed by atoms with van der Waals surface area (Å²) in [6, 6.07) is 3.53. The zero-order valence-electron chi connectivity index (χ0n) is 6.28. The maximum Gasteiger partial charge on any atom is 0.285 e. The fourth-order valence-electron chi connectivity index (χ4n) is 0.806. The van der Waals surface area contributed by atoms with Gasteiger partial charge in [0.2, 0.25) is 0 Å². The standard InChI is InChI=1S/C7H6FNO2S/c1-12-7-3-2-5(8)4-6(7)9(10)11/h2-4H,1H3. The Hall–Kier alpha value is -1.10. The summed E-state index contributed by atoms with van der Waals surface area (Å²) in [5, 5.41) is 10.4. The monoisotopic (exact) mass is 187 g/mol. The van der Waals surface area contributed by atoms with Gasteiger partial charge in [0, 0.05) is 0 Å². The van der Waals surface area contributed by atoms with Gasteiger partial charge in [-0.05, 0) is 18.4 Å². The molecule has 0 saturated carbocycles. The van der Waals surface area contributed by atoms with Gasteiger partial charge in [0.1, 0.15) is 5.82 Å². The first kappa shape index (κ1) is 8.99. The fraction of sp³-hybridized carbons (Fsp3) is 0.143. The molecule has 0 heterocycles. The molecule has 3 nitrogen and oxygen atoms in total. The molecule has 5 heteroatoms. The highest BCUT2D eigenvalue weighted by Crippen LogP contribution is 2.27. The molecule has 1 aromatic rings. The van der Waals surface area contributed by atoms with Crippen LogP contribution in [0.25, 0.3) is 0 Å². The zero-order valence-corrected chi connectivity index (χ0v) is 7.10. The van der Waals surface area contributed by atoms with E-state index in [1.165, 1.54) is 23.9 Å². The second kappa shape index (κ2) is 3.53. The van der Waals surface area contributed by atoms with Crippen LogP contribution in [0.3, 0.4) is 0 Å². The number of nitrogens with zero attached hydrogens (tertiary/aromatic N) is 1. The number of hydrogen-bond acceptors (Lipinski definition) is 3. The van der Waals surface area contributed by atoms with E-state index < -0.39 is 10.7 Å². The first-order valence-corrected chi connectivity index (χ1v) is 4.35. The highest BCUT2D eigenvalue weighted by atomic mass is 32.2. The van der Waals surface area contributed by atoms with E-state index in [4.69, 9.17) is 0 Å². The molecule has 12 heavy (non-hydrogen) atoms. The van der Waals surface area contributed by atoms with E-state index in [1.807, 2.05) is 0 Å². The normalized spacial score (nSPS) is 9.83. The van der Waals surface area contributed by atoms with Crippen LogP contribution in [0, 0.1) is 15.9 Å². The minimum Gasteiger partial charge on any atom is -0.258 e. The van der Waals surface area contributed by atoms with Crippen LogP contribution in [0.5, 0.6) is 0 Å². The molecule has 0 N–H and O–H groups in total. The van der Waals surface area contributed by atoms with Crippen molar-refractivity contribution in [3.8, 4) is 0 Å². The lowest BCUT2D eigenvalue weighted by molar-refractivity contribution is -0.387. The summed E-state index contributed by atoms with van der Waals surface area (Å²) in [5.41, 5.74) is -0.178. The number of thioether (sulfide) groups is 1. The summed E-state index contributed by atoms with van der Waals surface area (Å²) in [6.45, 7) is 0. The molecule has 0 aliphatic heterocycles. The number of benzene rings is 1. The molecule has 0 aromatic heterocycles. The van der Waals surface area contributed by atoms with Crippen molar-refractivity contribution in [1.82, 2.24) is 0 Å². The number of nitro benzene ring substituents is 1. The minimum absolute atomic E-state index is 0.178. The quantitative estimate of drug-likeness (QED) is 0.405. The van der Waals surface area contributed by atoms with Gasteiger partial charge in [0.15, 0.2) is 0 Å². The van der Waals surface area contributed by atoms with Crippen molar-refractivity contribution >= 4 is 17.4 Å². The molecular weight excluding hydrogens is 181 g/mol. The molecule has 0 radical (unpaired) electrons. The van der Waals surface area contributed by atoms with Crippen LogP contribution >= 0.6 is 11.8 Å². The summed E-state index contributed by atoms with van der Waals surface area (Å²) in [5.74, 6) is -0.584. The van der Waals surface area contributed by atoms with Crippen LogP contribution in [0.2, 0.25) is 0 Å². The van der Waals surface area contributed by atoms with Crippen LogP contribution in [-0.4, -0.2) is 11.2 Å². The Balaban J connectivity index is 3.21. The van der Waals surface area contributed by atoms with Crippen molar-refractivity contribution in [1.29, 1.82) is 0 Å². The average molecular weight is 187 g/mol. The van der Waals surface area contributed by atoms with Crippen molar-refractivity contribution in [3.05, 3.63) is 34.1 Å². The molecule has 0 atom stereocenters. The van der Waals surface area contributed by atoms with Crippen LogP contribution in [0.1, 0.15) is 0 Å². The number of hydrogen-bond donors (Lipinski definition) is 0. The van der Waals surface area contributed by atoms with Gasteiger partial charge in [-0.25, -0.2) is 4.39 Å². The predicted molar refractivity (Wildman–Crippen MR) is 44.8 cm³/mol. The number of nitro groups is 1. The third-order valence-electron chi connectivity index (χ3n) is 1.34. The van der Waals surface area contributed by atoms with Gasteiger partial charge >= 0.3 is 0 Å². The van der Waals surface area contributed by atoms with Crippen molar-refractivity contribution in [2.75, 3.05) is 6.26 Å². The van der Waals surface area contributed by atoms with Gasteiger partial charge in [-0.15, -0.1) is 11.8 Å². The Morgan fingerprint density at radius 3 is 2.75 bits per heavy atom. The van der Waals surface area contributed by atoms with Gasteiger partial charge in [0.05, 0.1) is 15.9 Å². The molecule has 1 rings (SSSR count). The Bertz CT molecular complexity index is 316. The topological polar surface area (TPSA) is 43.1 Å². The van der Waals surface area contributed by atoms with Crippen molar-refractivity contribution in [2.24, 2.45) is 0 Å². The molecule has 0 saturated heterocycles. The van der Waals surface area contributed by atoms with Gasteiger partial charge in [0.25, 0.3) is 5.69 Å². The third kappa shape index (κ3) is 1.73. The molecule has 0 aliphatic carbocycles. The van der Waals surface area contributed by atoms with E-state index in [1.54, 1.807) is 6.26 Å². The molecule has 0 amide bonds. The van der Waals surface area contributed by atoms with Crippen LogP contribution in [0.15, 0.2) is 23.1 Å². The van der Waals surface area contributed by atoms with E-state index in [2.05, 4.69) is 0 Å². The Morgan fingerprint density at radius 2 is 2.25 bits per heavy atom. The Morgan fingerprint density at radius 1 is 1.58 bits per heavy atom. The average Bonchev–Trinajstić information content (AvgIpc) is 2.04. The van der Waals surface area contributed by atoms with Crippen LogP contribution < -0.4 is 0 Å². The lowest BCUT2D eigenvalue weighted by Gasteiger charge is -1.97. The third-order valence-corrected chi connectivity index (χ3v) is 2.12. The summed E-state index contributed by atoms with van der Waals surface area (Å²) in [7, 11) is 0. The largest absolute Gasteiger partial charge is 0.285 e. The molecule has 0 aliphatic rings. The van der Waals surface area contributed by atoms with Crippen molar-refractivity contribution in [3.63, 3.8) is 0 Å². The molecule has 0 fully saturated rings. The van der Waals surface area contributed by atoms with Crippen molar-refractivity contribution in [2.45, 2.75) is 4.90 Å². The molecule has 0 spiro atoms. The summed E-state index contributed by atoms with van der Waals surface area (Å²) < 4.78 is 12.5. The summed E-state index contributed by atoms with van der Waals surface area (Å²) in [4.78, 5) is 10.2. The number of halogens is 1. The van der Waals surface area contributed by atoms with Gasteiger partial charge in [-0.3, -0.25) is 10.1 Å². The molecule has 64 valence electrons. The predicted octanol–water partition coefficient (Wildman–Crippen LogP) is 2.46. The highest BCUT2D eigenvalue weighted by molar-refractivity contribution is 7.98. The van der Waals surface area contributed by atoms with Gasteiger partial charge in [-0.2, -0.15) is 0 Å². The van der Waals surface area contributed by atoms with E-state index in [0.29, 0.717) is 4.90 Å². The Kier molecular flexibility index (Phi) is 2.65. The Labute approximate surface area is 72.7 Å².